The number of guanidine groups is 1. The third-order valence-corrected chi connectivity index (χ3v) is 5.28. The van der Waals surface area contributed by atoms with Gasteiger partial charge in [0, 0.05) is 50.2 Å². The summed E-state index contributed by atoms with van der Waals surface area (Å²) in [6.07, 6.45) is 3.50. The smallest absolute Gasteiger partial charge is 0.191 e. The molecule has 148 valence electrons. The fourth-order valence-electron chi connectivity index (χ4n) is 3.07. The topological polar surface area (TPSA) is 52.6 Å². The molecule has 1 fully saturated rings. The van der Waals surface area contributed by atoms with Gasteiger partial charge in [-0.1, -0.05) is 6.07 Å². The van der Waals surface area contributed by atoms with Crippen molar-refractivity contribution in [2.75, 3.05) is 31.6 Å². The average molecular weight is 507 g/mol. The lowest BCUT2D eigenvalue weighted by molar-refractivity contribution is 0.576. The van der Waals surface area contributed by atoms with E-state index < -0.39 is 11.6 Å². The van der Waals surface area contributed by atoms with Crippen LogP contribution in [-0.2, 0) is 6.42 Å². The van der Waals surface area contributed by atoms with Crippen LogP contribution in [0.2, 0.25) is 0 Å². The van der Waals surface area contributed by atoms with Crippen molar-refractivity contribution in [1.82, 2.24) is 15.6 Å². The molecule has 1 aliphatic rings. The molecule has 27 heavy (non-hydrogen) atoms. The molecule has 2 heterocycles. The largest absolute Gasteiger partial charge is 0.365 e. The number of anilines is 1. The molecule has 0 spiro atoms. The van der Waals surface area contributed by atoms with Gasteiger partial charge in [-0.05, 0) is 25.5 Å². The first-order valence-corrected chi connectivity index (χ1v) is 9.46. The highest BCUT2D eigenvalue weighted by Gasteiger charge is 2.27. The predicted molar refractivity (Wildman–Crippen MR) is 117 cm³/mol. The minimum atomic E-state index is -0.521. The van der Waals surface area contributed by atoms with E-state index in [0.29, 0.717) is 19.0 Å². The maximum atomic E-state index is 13.9. The average Bonchev–Trinajstić information content (AvgIpc) is 3.23. The lowest BCUT2D eigenvalue weighted by Gasteiger charge is -2.21. The molecule has 1 aromatic heterocycles. The Balaban J connectivity index is 0.00000261. The number of aryl methyl sites for hydroxylation is 1. The number of para-hydroxylation sites is 1. The van der Waals surface area contributed by atoms with Crippen LogP contribution in [-0.4, -0.2) is 43.7 Å². The molecule has 2 aromatic rings. The van der Waals surface area contributed by atoms with E-state index in [1.165, 1.54) is 23.1 Å². The second-order valence-electron chi connectivity index (χ2n) is 6.26. The van der Waals surface area contributed by atoms with Gasteiger partial charge in [0.25, 0.3) is 0 Å². The molecule has 2 N–H and O–H groups in total. The van der Waals surface area contributed by atoms with Crippen molar-refractivity contribution < 1.29 is 8.78 Å². The van der Waals surface area contributed by atoms with Gasteiger partial charge in [0.1, 0.15) is 17.3 Å². The highest BCUT2D eigenvalue weighted by molar-refractivity contribution is 14.0. The van der Waals surface area contributed by atoms with Crippen LogP contribution in [0.25, 0.3) is 0 Å². The Morgan fingerprint density at radius 1 is 1.37 bits per heavy atom. The number of aromatic nitrogens is 1. The lowest BCUT2D eigenvalue weighted by atomic mass is 10.2. The predicted octanol–water partition coefficient (Wildman–Crippen LogP) is 3.33. The molecular formula is C18H24F2IN5S. The fraction of sp³-hybridized carbons (Fsp3) is 0.444. The number of hydrogen-bond acceptors (Lipinski definition) is 4. The number of thiazole rings is 1. The number of benzene rings is 1. The van der Waals surface area contributed by atoms with E-state index in [1.54, 1.807) is 23.3 Å². The number of aliphatic imine (C=N–C) groups is 1. The van der Waals surface area contributed by atoms with Crippen molar-refractivity contribution in [2.24, 2.45) is 4.99 Å². The summed E-state index contributed by atoms with van der Waals surface area (Å²) in [5, 5.41) is 7.69. The summed E-state index contributed by atoms with van der Waals surface area (Å²) in [5.41, 5.74) is 0.0545. The van der Waals surface area contributed by atoms with Gasteiger partial charge in [-0.2, -0.15) is 0 Å². The van der Waals surface area contributed by atoms with Gasteiger partial charge in [0.05, 0.1) is 5.01 Å². The monoisotopic (exact) mass is 507 g/mol. The third-order valence-electron chi connectivity index (χ3n) is 4.31. The lowest BCUT2D eigenvalue weighted by Crippen LogP contribution is -2.45. The van der Waals surface area contributed by atoms with Crippen LogP contribution in [0.15, 0.2) is 29.4 Å². The molecule has 0 saturated carbocycles. The molecule has 0 bridgehead atoms. The summed E-state index contributed by atoms with van der Waals surface area (Å²) < 4.78 is 27.9. The summed E-state index contributed by atoms with van der Waals surface area (Å²) in [4.78, 5) is 11.5. The van der Waals surface area contributed by atoms with E-state index in [9.17, 15) is 8.78 Å². The normalized spacial score (nSPS) is 17.0. The van der Waals surface area contributed by atoms with Crippen LogP contribution in [0.4, 0.5) is 14.5 Å². The first-order chi connectivity index (χ1) is 12.6. The number of nitrogens with zero attached hydrogens (tertiary/aromatic N) is 3. The molecule has 9 heteroatoms. The summed E-state index contributed by atoms with van der Waals surface area (Å²) in [6, 6.07) is 4.05. The Labute approximate surface area is 179 Å². The number of nitrogens with one attached hydrogen (secondary N) is 2. The molecule has 0 aliphatic carbocycles. The Hall–Kier alpha value is -1.49. The molecule has 0 radical (unpaired) electrons. The molecule has 1 aliphatic heterocycles. The number of rotatable bonds is 5. The minimum Gasteiger partial charge on any atom is -0.365 e. The summed E-state index contributed by atoms with van der Waals surface area (Å²) in [7, 11) is 1.71. The van der Waals surface area contributed by atoms with Crippen molar-refractivity contribution in [3.05, 3.63) is 45.9 Å². The zero-order valence-corrected chi connectivity index (χ0v) is 18.5. The molecule has 1 aromatic carbocycles. The Morgan fingerprint density at radius 3 is 2.74 bits per heavy atom. The minimum absolute atomic E-state index is 0. The van der Waals surface area contributed by atoms with Crippen molar-refractivity contribution >= 4 is 47.0 Å². The van der Waals surface area contributed by atoms with Gasteiger partial charge >= 0.3 is 0 Å². The quantitative estimate of drug-likeness (QED) is 0.371. The zero-order chi connectivity index (χ0) is 18.5. The summed E-state index contributed by atoms with van der Waals surface area (Å²) >= 11 is 1.69. The van der Waals surface area contributed by atoms with Gasteiger partial charge < -0.3 is 15.5 Å². The highest BCUT2D eigenvalue weighted by atomic mass is 127. The van der Waals surface area contributed by atoms with E-state index in [0.717, 1.165) is 24.4 Å². The van der Waals surface area contributed by atoms with Crippen LogP contribution in [0.1, 0.15) is 16.3 Å². The van der Waals surface area contributed by atoms with Crippen LogP contribution < -0.4 is 15.5 Å². The van der Waals surface area contributed by atoms with Crippen molar-refractivity contribution in [3.8, 4) is 0 Å². The molecule has 5 nitrogen and oxygen atoms in total. The van der Waals surface area contributed by atoms with E-state index in [4.69, 9.17) is 0 Å². The summed E-state index contributed by atoms with van der Waals surface area (Å²) in [6.45, 7) is 3.90. The van der Waals surface area contributed by atoms with Gasteiger partial charge in [-0.15, -0.1) is 35.3 Å². The standard InChI is InChI=1S/C18H23F2N5S.HI/c1-12-10-23-16(26-12)6-8-22-18(21-2)24-13-7-9-25(11-13)17-14(19)4-3-5-15(17)20;/h3-5,10,13H,6-9,11H2,1-2H3,(H2,21,22,24);1H. The van der Waals surface area contributed by atoms with Crippen molar-refractivity contribution in [3.63, 3.8) is 0 Å². The van der Waals surface area contributed by atoms with Gasteiger partial charge in [-0.3, -0.25) is 4.99 Å². The Bertz CT molecular complexity index is 763. The Morgan fingerprint density at radius 2 is 2.11 bits per heavy atom. The highest BCUT2D eigenvalue weighted by Crippen LogP contribution is 2.26. The molecule has 0 amide bonds. The van der Waals surface area contributed by atoms with E-state index in [2.05, 4.69) is 20.6 Å². The number of halogens is 3. The molecule has 1 saturated heterocycles. The van der Waals surface area contributed by atoms with E-state index in [-0.39, 0.29) is 35.7 Å². The van der Waals surface area contributed by atoms with E-state index in [1.807, 2.05) is 13.1 Å². The van der Waals surface area contributed by atoms with E-state index >= 15 is 0 Å². The number of hydrogen-bond donors (Lipinski definition) is 2. The SMILES string of the molecule is CN=C(NCCc1ncc(C)s1)NC1CCN(c2c(F)cccc2F)C1.I. The molecule has 1 unspecified atom stereocenters. The van der Waals surface area contributed by atoms with Crippen molar-refractivity contribution in [2.45, 2.75) is 25.8 Å². The first-order valence-electron chi connectivity index (χ1n) is 8.64. The van der Waals surface area contributed by atoms with Gasteiger partial charge in [-0.25, -0.2) is 13.8 Å². The second-order valence-corrected chi connectivity index (χ2v) is 7.58. The maximum absolute atomic E-state index is 13.9. The molecular weight excluding hydrogens is 483 g/mol. The maximum Gasteiger partial charge on any atom is 0.191 e. The van der Waals surface area contributed by atoms with Crippen LogP contribution >= 0.6 is 35.3 Å². The zero-order valence-electron chi connectivity index (χ0n) is 15.3. The van der Waals surface area contributed by atoms with Crippen LogP contribution in [0.3, 0.4) is 0 Å². The fourth-order valence-corrected chi connectivity index (χ4v) is 3.85. The first kappa shape index (κ1) is 21.8. The van der Waals surface area contributed by atoms with Crippen LogP contribution in [0, 0.1) is 18.6 Å². The third kappa shape index (κ3) is 5.74. The summed E-state index contributed by atoms with van der Waals surface area (Å²) in [5.74, 6) is -0.349. The van der Waals surface area contributed by atoms with Gasteiger partial charge in [0.2, 0.25) is 0 Å². The van der Waals surface area contributed by atoms with Crippen LogP contribution in [0.5, 0.6) is 0 Å². The molecule has 1 atom stereocenters. The second kappa shape index (κ2) is 10.2. The van der Waals surface area contributed by atoms with Crippen molar-refractivity contribution in [1.29, 1.82) is 0 Å². The Kier molecular flexibility index (Phi) is 8.21. The van der Waals surface area contributed by atoms with Gasteiger partial charge in [0.15, 0.2) is 5.96 Å². The molecule has 3 rings (SSSR count).